The molecule has 1 heterocycles. The number of ether oxygens (including phenoxy) is 1. The quantitative estimate of drug-likeness (QED) is 0.443. The van der Waals surface area contributed by atoms with Gasteiger partial charge in [-0.25, -0.2) is 4.98 Å². The molecule has 0 atom stereocenters. The van der Waals surface area contributed by atoms with E-state index in [1.165, 1.54) is 11.8 Å². The number of carbonyl (C=O) groups excluding carboxylic acids is 1. The molecule has 2 N–H and O–H groups in total. The Labute approximate surface area is 166 Å². The number of benzene rings is 2. The summed E-state index contributed by atoms with van der Waals surface area (Å²) >= 11 is 7.15. The van der Waals surface area contributed by atoms with E-state index in [4.69, 9.17) is 16.3 Å². The predicted octanol–water partition coefficient (Wildman–Crippen LogP) is 3.72. The average Bonchev–Trinajstić information content (AvgIpc) is 3.13. The highest BCUT2D eigenvalue weighted by Gasteiger charge is 2.09. The molecule has 3 aromatic rings. The largest absolute Gasteiger partial charge is 0.492 e. The van der Waals surface area contributed by atoms with Crippen LogP contribution < -0.4 is 10.1 Å². The lowest BCUT2D eigenvalue weighted by Gasteiger charge is -2.07. The van der Waals surface area contributed by atoms with Gasteiger partial charge in [-0.15, -0.1) is 5.10 Å². The number of aromatic amines is 1. The molecule has 0 saturated heterocycles. The van der Waals surface area contributed by atoms with Crippen molar-refractivity contribution in [2.75, 3.05) is 18.9 Å². The molecule has 6 nitrogen and oxygen atoms in total. The van der Waals surface area contributed by atoms with Gasteiger partial charge in [0.2, 0.25) is 11.1 Å². The maximum Gasteiger partial charge on any atom is 0.230 e. The van der Waals surface area contributed by atoms with Gasteiger partial charge in [0.15, 0.2) is 5.82 Å². The monoisotopic (exact) mass is 402 g/mol. The fourth-order valence-corrected chi connectivity index (χ4v) is 3.05. The number of rotatable bonds is 8. The molecule has 1 aromatic heterocycles. The first-order valence-electron chi connectivity index (χ1n) is 8.37. The van der Waals surface area contributed by atoms with Crippen molar-refractivity contribution in [3.63, 3.8) is 0 Å². The fraction of sp³-hybridized carbons (Fsp3) is 0.211. The van der Waals surface area contributed by atoms with Gasteiger partial charge in [-0.05, 0) is 48.9 Å². The molecule has 0 unspecified atom stereocenters. The third kappa shape index (κ3) is 6.01. The van der Waals surface area contributed by atoms with E-state index in [9.17, 15) is 4.79 Å². The van der Waals surface area contributed by atoms with Gasteiger partial charge < -0.3 is 10.1 Å². The van der Waals surface area contributed by atoms with Gasteiger partial charge in [-0.1, -0.05) is 35.5 Å². The van der Waals surface area contributed by atoms with E-state index in [1.807, 2.05) is 43.3 Å². The number of halogens is 1. The minimum absolute atomic E-state index is 0.0920. The lowest BCUT2D eigenvalue weighted by atomic mass is 10.2. The number of nitrogens with one attached hydrogen (secondary N) is 2. The van der Waals surface area contributed by atoms with E-state index in [0.717, 1.165) is 16.9 Å². The Kier molecular flexibility index (Phi) is 6.73. The molecule has 0 aliphatic carbocycles. The van der Waals surface area contributed by atoms with Crippen molar-refractivity contribution in [1.82, 2.24) is 20.5 Å². The highest BCUT2D eigenvalue weighted by atomic mass is 35.5. The number of aryl methyl sites for hydroxylation is 1. The number of nitrogens with zero attached hydrogens (tertiary/aromatic N) is 2. The van der Waals surface area contributed by atoms with E-state index >= 15 is 0 Å². The summed E-state index contributed by atoms with van der Waals surface area (Å²) in [6.45, 7) is 2.87. The van der Waals surface area contributed by atoms with Crippen molar-refractivity contribution in [3.8, 4) is 17.1 Å². The van der Waals surface area contributed by atoms with Gasteiger partial charge in [0, 0.05) is 10.6 Å². The lowest BCUT2D eigenvalue weighted by Crippen LogP contribution is -2.29. The van der Waals surface area contributed by atoms with Crippen molar-refractivity contribution in [1.29, 1.82) is 0 Å². The number of carbonyl (C=O) groups is 1. The van der Waals surface area contributed by atoms with Crippen LogP contribution in [0.2, 0.25) is 5.02 Å². The van der Waals surface area contributed by atoms with Gasteiger partial charge in [0.25, 0.3) is 0 Å². The Morgan fingerprint density at radius 1 is 1.26 bits per heavy atom. The van der Waals surface area contributed by atoms with Crippen LogP contribution in [0.15, 0.2) is 53.7 Å². The number of aromatic nitrogens is 3. The Bertz CT molecular complexity index is 899. The summed E-state index contributed by atoms with van der Waals surface area (Å²) in [6.07, 6.45) is 0. The molecule has 0 bridgehead atoms. The zero-order chi connectivity index (χ0) is 19.1. The Morgan fingerprint density at radius 2 is 2.07 bits per heavy atom. The highest BCUT2D eigenvalue weighted by molar-refractivity contribution is 7.99. The zero-order valence-electron chi connectivity index (χ0n) is 14.7. The van der Waals surface area contributed by atoms with Crippen LogP contribution in [0.3, 0.4) is 0 Å². The predicted molar refractivity (Wildman–Crippen MR) is 107 cm³/mol. The van der Waals surface area contributed by atoms with Crippen LogP contribution in [-0.4, -0.2) is 40.0 Å². The van der Waals surface area contributed by atoms with E-state index in [-0.39, 0.29) is 11.7 Å². The minimum Gasteiger partial charge on any atom is -0.492 e. The Morgan fingerprint density at radius 3 is 2.85 bits per heavy atom. The fourth-order valence-electron chi connectivity index (χ4n) is 2.29. The molecule has 3 rings (SSSR count). The van der Waals surface area contributed by atoms with Gasteiger partial charge >= 0.3 is 0 Å². The normalized spacial score (nSPS) is 10.6. The van der Waals surface area contributed by atoms with Gasteiger partial charge in [-0.3, -0.25) is 9.89 Å². The molecule has 1 amide bonds. The van der Waals surface area contributed by atoms with Crippen molar-refractivity contribution in [2.45, 2.75) is 12.1 Å². The molecule has 2 aromatic carbocycles. The highest BCUT2D eigenvalue weighted by Crippen LogP contribution is 2.20. The number of hydrogen-bond donors (Lipinski definition) is 2. The molecule has 0 radical (unpaired) electrons. The SMILES string of the molecule is Cc1cccc(OCCNC(=O)CSc2n[nH]c(-c3ccc(Cl)cc3)n2)c1. The molecule has 0 saturated carbocycles. The van der Waals surface area contributed by atoms with Crippen LogP contribution >= 0.6 is 23.4 Å². The molecule has 0 fully saturated rings. The maximum absolute atomic E-state index is 11.9. The zero-order valence-corrected chi connectivity index (χ0v) is 16.3. The van der Waals surface area contributed by atoms with Crippen molar-refractivity contribution < 1.29 is 9.53 Å². The Balaban J connectivity index is 1.38. The lowest BCUT2D eigenvalue weighted by molar-refractivity contribution is -0.118. The first-order valence-corrected chi connectivity index (χ1v) is 9.74. The summed E-state index contributed by atoms with van der Waals surface area (Å²) in [6, 6.07) is 15.1. The van der Waals surface area contributed by atoms with Crippen LogP contribution in [-0.2, 0) is 4.79 Å². The number of thioether (sulfide) groups is 1. The second-order valence-corrected chi connectivity index (χ2v) is 7.16. The third-order valence-electron chi connectivity index (χ3n) is 3.60. The molecule has 0 aliphatic rings. The Hall–Kier alpha value is -2.51. The summed E-state index contributed by atoms with van der Waals surface area (Å²) in [5.74, 6) is 1.59. The molecule has 0 spiro atoms. The summed E-state index contributed by atoms with van der Waals surface area (Å²) in [7, 11) is 0. The average molecular weight is 403 g/mol. The number of hydrogen-bond acceptors (Lipinski definition) is 5. The van der Waals surface area contributed by atoms with Gasteiger partial charge in [0.1, 0.15) is 12.4 Å². The molecule has 8 heteroatoms. The minimum atomic E-state index is -0.0920. The van der Waals surface area contributed by atoms with Crippen LogP contribution in [0.25, 0.3) is 11.4 Å². The van der Waals surface area contributed by atoms with Crippen LogP contribution in [0.1, 0.15) is 5.56 Å². The summed E-state index contributed by atoms with van der Waals surface area (Å²) in [5.41, 5.74) is 2.02. The summed E-state index contributed by atoms with van der Waals surface area (Å²) in [5, 5.41) is 11.0. The van der Waals surface area contributed by atoms with Crippen LogP contribution in [0.4, 0.5) is 0 Å². The number of H-pyrrole nitrogens is 1. The standard InChI is InChI=1S/C19H19ClN4O2S/c1-13-3-2-4-16(11-13)26-10-9-21-17(25)12-27-19-22-18(23-24-19)14-5-7-15(20)8-6-14/h2-8,11H,9-10,12H2,1H3,(H,21,25)(H,22,23,24). The van der Waals surface area contributed by atoms with Gasteiger partial charge in [0.05, 0.1) is 12.3 Å². The molecule has 140 valence electrons. The summed E-state index contributed by atoms with van der Waals surface area (Å²) < 4.78 is 5.60. The number of amides is 1. The topological polar surface area (TPSA) is 79.9 Å². The first-order chi connectivity index (χ1) is 13.1. The third-order valence-corrected chi connectivity index (χ3v) is 4.70. The molecule has 27 heavy (non-hydrogen) atoms. The van der Waals surface area contributed by atoms with E-state index in [1.54, 1.807) is 12.1 Å². The van der Waals surface area contributed by atoms with E-state index in [2.05, 4.69) is 20.5 Å². The molecule has 0 aliphatic heterocycles. The van der Waals surface area contributed by atoms with Crippen molar-refractivity contribution in [3.05, 3.63) is 59.1 Å². The first kappa shape index (κ1) is 19.3. The van der Waals surface area contributed by atoms with E-state index in [0.29, 0.717) is 29.2 Å². The molecular weight excluding hydrogens is 384 g/mol. The van der Waals surface area contributed by atoms with Crippen molar-refractivity contribution in [2.24, 2.45) is 0 Å². The second kappa shape index (κ2) is 9.43. The smallest absolute Gasteiger partial charge is 0.230 e. The van der Waals surface area contributed by atoms with Crippen LogP contribution in [0.5, 0.6) is 5.75 Å². The van der Waals surface area contributed by atoms with Crippen LogP contribution in [0, 0.1) is 6.92 Å². The molecular formula is C19H19ClN4O2S. The maximum atomic E-state index is 11.9. The van der Waals surface area contributed by atoms with Crippen molar-refractivity contribution >= 4 is 29.3 Å². The summed E-state index contributed by atoms with van der Waals surface area (Å²) in [4.78, 5) is 16.3. The van der Waals surface area contributed by atoms with E-state index < -0.39 is 0 Å². The second-order valence-electron chi connectivity index (χ2n) is 5.78. The van der Waals surface area contributed by atoms with Gasteiger partial charge in [-0.2, -0.15) is 0 Å².